The Morgan fingerprint density at radius 3 is 2.83 bits per heavy atom. The van der Waals surface area contributed by atoms with Gasteiger partial charge in [-0.1, -0.05) is 13.0 Å². The maximum absolute atomic E-state index is 12.0. The molecule has 0 radical (unpaired) electrons. The predicted octanol–water partition coefficient (Wildman–Crippen LogP) is 1.76. The van der Waals surface area contributed by atoms with E-state index >= 15 is 0 Å². The molecule has 1 atom stereocenters. The minimum atomic E-state index is -1.02. The van der Waals surface area contributed by atoms with Gasteiger partial charge in [-0.05, 0) is 24.6 Å². The Morgan fingerprint density at radius 2 is 2.17 bits per heavy atom. The van der Waals surface area contributed by atoms with E-state index in [1.807, 2.05) is 6.07 Å². The Balaban J connectivity index is 2.28. The van der Waals surface area contributed by atoms with Crippen LogP contribution >= 0.6 is 0 Å². The molecule has 0 fully saturated rings. The number of rotatable bonds is 4. The minimum absolute atomic E-state index is 0.351. The highest BCUT2D eigenvalue weighted by molar-refractivity contribution is 6.07. The van der Waals surface area contributed by atoms with E-state index in [0.717, 1.165) is 10.9 Å². The van der Waals surface area contributed by atoms with E-state index in [2.05, 4.69) is 10.3 Å². The molecule has 1 aromatic carbocycles. The molecule has 1 heterocycles. The van der Waals surface area contributed by atoms with Gasteiger partial charge in [-0.2, -0.15) is 0 Å². The summed E-state index contributed by atoms with van der Waals surface area (Å²) in [6, 6.07) is 6.24. The van der Waals surface area contributed by atoms with E-state index < -0.39 is 12.0 Å². The lowest BCUT2D eigenvalue weighted by Crippen LogP contribution is -2.40. The fourth-order valence-corrected chi connectivity index (χ4v) is 1.86. The lowest BCUT2D eigenvalue weighted by atomic mass is 10.1. The number of H-pyrrole nitrogens is 1. The maximum atomic E-state index is 12.0. The number of carboxylic acid groups (broad SMARTS) is 1. The highest BCUT2D eigenvalue weighted by atomic mass is 16.4. The number of aromatic amines is 1. The monoisotopic (exact) mass is 246 g/mol. The van der Waals surface area contributed by atoms with Crippen LogP contribution in [0.25, 0.3) is 10.9 Å². The molecule has 0 saturated heterocycles. The number of aromatic nitrogens is 1. The summed E-state index contributed by atoms with van der Waals surface area (Å²) >= 11 is 0. The molecule has 0 bridgehead atoms. The van der Waals surface area contributed by atoms with E-state index in [4.69, 9.17) is 5.11 Å². The van der Waals surface area contributed by atoms with Crippen LogP contribution in [-0.2, 0) is 4.79 Å². The zero-order valence-corrected chi connectivity index (χ0v) is 9.93. The van der Waals surface area contributed by atoms with Crippen molar-refractivity contribution in [1.82, 2.24) is 10.3 Å². The first-order chi connectivity index (χ1) is 8.63. The van der Waals surface area contributed by atoms with Crippen LogP contribution in [0.3, 0.4) is 0 Å². The number of carbonyl (C=O) groups is 2. The largest absolute Gasteiger partial charge is 0.480 e. The number of amides is 1. The summed E-state index contributed by atoms with van der Waals surface area (Å²) in [5.74, 6) is -1.39. The first-order valence-electron chi connectivity index (χ1n) is 5.73. The first kappa shape index (κ1) is 12.2. The van der Waals surface area contributed by atoms with Crippen molar-refractivity contribution < 1.29 is 14.7 Å². The summed E-state index contributed by atoms with van der Waals surface area (Å²) < 4.78 is 0. The average Bonchev–Trinajstić information content (AvgIpc) is 2.82. The van der Waals surface area contributed by atoms with Crippen molar-refractivity contribution in [1.29, 1.82) is 0 Å². The molecule has 0 saturated carbocycles. The second-order valence-electron chi connectivity index (χ2n) is 4.02. The molecule has 94 valence electrons. The summed E-state index contributed by atoms with van der Waals surface area (Å²) in [6.07, 6.45) is 2.10. The van der Waals surface area contributed by atoms with Gasteiger partial charge in [-0.25, -0.2) is 4.79 Å². The second kappa shape index (κ2) is 4.91. The highest BCUT2D eigenvalue weighted by Gasteiger charge is 2.19. The van der Waals surface area contributed by atoms with Gasteiger partial charge in [0.1, 0.15) is 6.04 Å². The van der Waals surface area contributed by atoms with E-state index in [1.54, 1.807) is 31.3 Å². The number of carbonyl (C=O) groups excluding carboxylic acids is 1. The first-order valence-corrected chi connectivity index (χ1v) is 5.73. The Labute approximate surface area is 104 Å². The Kier molecular flexibility index (Phi) is 3.32. The van der Waals surface area contributed by atoms with Gasteiger partial charge in [0.2, 0.25) is 0 Å². The van der Waals surface area contributed by atoms with Crippen molar-refractivity contribution >= 4 is 22.8 Å². The average molecular weight is 246 g/mol. The fraction of sp³-hybridized carbons (Fsp3) is 0.231. The van der Waals surface area contributed by atoms with E-state index in [0.29, 0.717) is 12.0 Å². The number of nitrogens with one attached hydrogen (secondary N) is 2. The van der Waals surface area contributed by atoms with Crippen molar-refractivity contribution in [3.8, 4) is 0 Å². The van der Waals surface area contributed by atoms with Gasteiger partial charge in [0, 0.05) is 22.7 Å². The van der Waals surface area contributed by atoms with Crippen LogP contribution in [0.2, 0.25) is 0 Å². The van der Waals surface area contributed by atoms with Crippen LogP contribution in [-0.4, -0.2) is 28.0 Å². The third-order valence-electron chi connectivity index (χ3n) is 2.85. The molecule has 2 rings (SSSR count). The van der Waals surface area contributed by atoms with Gasteiger partial charge in [0.15, 0.2) is 0 Å². The zero-order chi connectivity index (χ0) is 13.1. The van der Waals surface area contributed by atoms with Gasteiger partial charge in [-0.3, -0.25) is 4.79 Å². The van der Waals surface area contributed by atoms with Crippen LogP contribution in [0.15, 0.2) is 30.5 Å². The molecule has 1 unspecified atom stereocenters. The SMILES string of the molecule is CCC(NC(=O)c1cccc2[nH]ccc12)C(=O)O. The summed E-state index contributed by atoms with van der Waals surface area (Å²) in [6.45, 7) is 1.72. The Morgan fingerprint density at radius 1 is 1.39 bits per heavy atom. The second-order valence-corrected chi connectivity index (χ2v) is 4.02. The molecule has 18 heavy (non-hydrogen) atoms. The van der Waals surface area contributed by atoms with Gasteiger partial charge in [0.25, 0.3) is 5.91 Å². The Bertz CT molecular complexity index is 589. The topological polar surface area (TPSA) is 82.2 Å². The molecule has 3 N–H and O–H groups in total. The van der Waals surface area contributed by atoms with Gasteiger partial charge in [0.05, 0.1) is 0 Å². The smallest absolute Gasteiger partial charge is 0.326 e. The predicted molar refractivity (Wildman–Crippen MR) is 67.5 cm³/mol. The van der Waals surface area contributed by atoms with Crippen molar-refractivity contribution in [2.75, 3.05) is 0 Å². The molecule has 1 aromatic heterocycles. The van der Waals surface area contributed by atoms with Crippen LogP contribution < -0.4 is 5.32 Å². The van der Waals surface area contributed by atoms with E-state index in [1.165, 1.54) is 0 Å². The normalized spacial score (nSPS) is 12.3. The van der Waals surface area contributed by atoms with E-state index in [9.17, 15) is 9.59 Å². The lowest BCUT2D eigenvalue weighted by Gasteiger charge is -2.12. The van der Waals surface area contributed by atoms with Crippen LogP contribution in [0.5, 0.6) is 0 Å². The van der Waals surface area contributed by atoms with Gasteiger partial charge < -0.3 is 15.4 Å². The number of fused-ring (bicyclic) bond motifs is 1. The minimum Gasteiger partial charge on any atom is -0.480 e. The summed E-state index contributed by atoms with van der Waals surface area (Å²) in [5, 5.41) is 12.2. The molecule has 0 aliphatic rings. The molecule has 0 aliphatic carbocycles. The van der Waals surface area contributed by atoms with Gasteiger partial charge in [-0.15, -0.1) is 0 Å². The molecule has 2 aromatic rings. The number of benzene rings is 1. The van der Waals surface area contributed by atoms with Crippen LogP contribution in [0.1, 0.15) is 23.7 Å². The standard InChI is InChI=1S/C13H14N2O3/c1-2-10(13(17)18)15-12(16)9-4-3-5-11-8(9)6-7-14-11/h3-7,10,14H,2H2,1H3,(H,15,16)(H,17,18). The quantitative estimate of drug-likeness (QED) is 0.768. The summed E-state index contributed by atoms with van der Waals surface area (Å²) in [4.78, 5) is 25.9. The third-order valence-corrected chi connectivity index (χ3v) is 2.85. The van der Waals surface area contributed by atoms with Crippen molar-refractivity contribution in [2.45, 2.75) is 19.4 Å². The molecular weight excluding hydrogens is 232 g/mol. The van der Waals surface area contributed by atoms with E-state index in [-0.39, 0.29) is 5.91 Å². The number of hydrogen-bond acceptors (Lipinski definition) is 2. The Hall–Kier alpha value is -2.30. The van der Waals surface area contributed by atoms with Crippen LogP contribution in [0.4, 0.5) is 0 Å². The van der Waals surface area contributed by atoms with Crippen molar-refractivity contribution in [2.24, 2.45) is 0 Å². The summed E-state index contributed by atoms with van der Waals surface area (Å²) in [5.41, 5.74) is 1.33. The molecule has 5 nitrogen and oxygen atoms in total. The van der Waals surface area contributed by atoms with Crippen molar-refractivity contribution in [3.05, 3.63) is 36.0 Å². The molecule has 0 spiro atoms. The number of hydrogen-bond donors (Lipinski definition) is 3. The summed E-state index contributed by atoms with van der Waals surface area (Å²) in [7, 11) is 0. The zero-order valence-electron chi connectivity index (χ0n) is 9.93. The van der Waals surface area contributed by atoms with Crippen molar-refractivity contribution in [3.63, 3.8) is 0 Å². The molecule has 5 heteroatoms. The molecule has 1 amide bonds. The van der Waals surface area contributed by atoms with Crippen LogP contribution in [0, 0.1) is 0 Å². The fourth-order valence-electron chi connectivity index (χ4n) is 1.86. The third kappa shape index (κ3) is 2.20. The molecular formula is C13H14N2O3. The number of aliphatic carboxylic acids is 1. The molecule has 0 aliphatic heterocycles. The van der Waals surface area contributed by atoms with Gasteiger partial charge >= 0.3 is 5.97 Å². The highest BCUT2D eigenvalue weighted by Crippen LogP contribution is 2.17. The maximum Gasteiger partial charge on any atom is 0.326 e. The lowest BCUT2D eigenvalue weighted by molar-refractivity contribution is -0.139. The number of carboxylic acids is 1.